The molecule has 0 aromatic heterocycles. The summed E-state index contributed by atoms with van der Waals surface area (Å²) in [7, 11) is 1.48. The van der Waals surface area contributed by atoms with E-state index in [1.807, 2.05) is 0 Å². The zero-order chi connectivity index (χ0) is 13.9. The molecule has 0 fully saturated rings. The van der Waals surface area contributed by atoms with Crippen LogP contribution in [0.2, 0.25) is 0 Å². The van der Waals surface area contributed by atoms with E-state index in [0.717, 1.165) is 6.07 Å². The van der Waals surface area contributed by atoms with Crippen molar-refractivity contribution in [3.63, 3.8) is 0 Å². The van der Waals surface area contributed by atoms with E-state index in [2.05, 4.69) is 0 Å². The van der Waals surface area contributed by atoms with Crippen LogP contribution in [0.1, 0.15) is 23.7 Å². The summed E-state index contributed by atoms with van der Waals surface area (Å²) < 4.78 is 26.4. The van der Waals surface area contributed by atoms with Gasteiger partial charge in [-0.1, -0.05) is 0 Å². The lowest BCUT2D eigenvalue weighted by Gasteiger charge is -2.18. The van der Waals surface area contributed by atoms with E-state index < -0.39 is 23.6 Å². The predicted octanol–water partition coefficient (Wildman–Crippen LogP) is 1.39. The highest BCUT2D eigenvalue weighted by molar-refractivity contribution is 5.95. The number of benzene rings is 1. The number of nitrogen functional groups attached to an aromatic ring is 1. The molecule has 0 spiro atoms. The van der Waals surface area contributed by atoms with Crippen LogP contribution >= 0.6 is 0 Å². The van der Waals surface area contributed by atoms with Gasteiger partial charge < -0.3 is 15.7 Å². The average molecular weight is 258 g/mol. The largest absolute Gasteiger partial charge is 0.396 e. The van der Waals surface area contributed by atoms with Crippen LogP contribution in [0.15, 0.2) is 12.1 Å². The van der Waals surface area contributed by atoms with E-state index in [0.29, 0.717) is 12.5 Å². The minimum atomic E-state index is -0.949. The fourth-order valence-electron chi connectivity index (χ4n) is 1.42. The molecule has 3 N–H and O–H groups in total. The van der Waals surface area contributed by atoms with Crippen molar-refractivity contribution >= 4 is 11.6 Å². The molecule has 0 saturated carbocycles. The lowest BCUT2D eigenvalue weighted by molar-refractivity contribution is 0.0764. The van der Waals surface area contributed by atoms with Gasteiger partial charge in [-0.15, -0.1) is 0 Å². The summed E-state index contributed by atoms with van der Waals surface area (Å²) >= 11 is 0. The third kappa shape index (κ3) is 3.40. The quantitative estimate of drug-likeness (QED) is 0.802. The summed E-state index contributed by atoms with van der Waals surface area (Å²) in [6, 6.07) is 1.57. The number of carbonyl (C=O) groups is 1. The van der Waals surface area contributed by atoms with Crippen molar-refractivity contribution in [1.82, 2.24) is 4.90 Å². The summed E-state index contributed by atoms with van der Waals surface area (Å²) in [5.41, 5.74) is 4.75. The summed E-state index contributed by atoms with van der Waals surface area (Å²) in [4.78, 5) is 13.1. The molecule has 6 heteroatoms. The van der Waals surface area contributed by atoms with Crippen molar-refractivity contribution in [3.8, 4) is 0 Å². The number of amides is 1. The van der Waals surface area contributed by atoms with Gasteiger partial charge in [-0.05, 0) is 19.4 Å². The van der Waals surface area contributed by atoms with Crippen LogP contribution in [0, 0.1) is 11.6 Å². The third-order valence-corrected chi connectivity index (χ3v) is 2.55. The van der Waals surface area contributed by atoms with Crippen LogP contribution in [-0.4, -0.2) is 35.6 Å². The van der Waals surface area contributed by atoms with Crippen molar-refractivity contribution in [2.24, 2.45) is 0 Å². The Morgan fingerprint density at radius 2 is 2.06 bits per heavy atom. The summed E-state index contributed by atoms with van der Waals surface area (Å²) in [6.45, 7) is 1.86. The Morgan fingerprint density at radius 3 is 2.61 bits per heavy atom. The second-order valence-electron chi connectivity index (χ2n) is 4.22. The molecule has 0 saturated heterocycles. The molecule has 1 unspecified atom stereocenters. The van der Waals surface area contributed by atoms with Gasteiger partial charge in [-0.2, -0.15) is 0 Å². The molecule has 1 amide bonds. The lowest BCUT2D eigenvalue weighted by atomic mass is 10.1. The molecule has 0 bridgehead atoms. The van der Waals surface area contributed by atoms with E-state index in [1.54, 1.807) is 6.92 Å². The zero-order valence-corrected chi connectivity index (χ0v) is 10.3. The maximum absolute atomic E-state index is 13.4. The SMILES string of the molecule is CC(O)CCN(C)C(=O)c1cc(N)c(F)cc1F. The van der Waals surface area contributed by atoms with Crippen LogP contribution < -0.4 is 5.73 Å². The highest BCUT2D eigenvalue weighted by atomic mass is 19.1. The van der Waals surface area contributed by atoms with Crippen LogP contribution in [0.25, 0.3) is 0 Å². The molecule has 1 atom stereocenters. The lowest BCUT2D eigenvalue weighted by Crippen LogP contribution is -2.30. The van der Waals surface area contributed by atoms with Gasteiger partial charge in [0.05, 0.1) is 17.4 Å². The second-order valence-corrected chi connectivity index (χ2v) is 4.22. The molecule has 18 heavy (non-hydrogen) atoms. The molecule has 0 aliphatic rings. The van der Waals surface area contributed by atoms with Crippen LogP contribution in [0.4, 0.5) is 14.5 Å². The minimum absolute atomic E-state index is 0.271. The highest BCUT2D eigenvalue weighted by Gasteiger charge is 2.18. The molecule has 0 radical (unpaired) electrons. The average Bonchev–Trinajstić information content (AvgIpc) is 2.29. The maximum Gasteiger partial charge on any atom is 0.256 e. The number of hydrogen-bond acceptors (Lipinski definition) is 3. The number of halogens is 2. The van der Waals surface area contributed by atoms with E-state index in [-0.39, 0.29) is 17.8 Å². The Hall–Kier alpha value is -1.69. The molecule has 0 aliphatic heterocycles. The smallest absolute Gasteiger partial charge is 0.256 e. The van der Waals surface area contributed by atoms with Crippen molar-refractivity contribution < 1.29 is 18.7 Å². The summed E-state index contributed by atoms with van der Waals surface area (Å²) in [5, 5.41) is 9.11. The first kappa shape index (κ1) is 14.4. The summed E-state index contributed by atoms with van der Waals surface area (Å²) in [6.07, 6.45) is -0.177. The van der Waals surface area contributed by atoms with Crippen LogP contribution in [-0.2, 0) is 0 Å². The molecule has 1 aromatic rings. The Bertz CT molecular complexity index is 450. The van der Waals surface area contributed by atoms with E-state index in [4.69, 9.17) is 10.8 Å². The number of aliphatic hydroxyl groups is 1. The van der Waals surface area contributed by atoms with Crippen molar-refractivity contribution in [3.05, 3.63) is 29.3 Å². The zero-order valence-electron chi connectivity index (χ0n) is 10.3. The van der Waals surface area contributed by atoms with Gasteiger partial charge >= 0.3 is 0 Å². The molecule has 0 heterocycles. The van der Waals surface area contributed by atoms with E-state index in [9.17, 15) is 13.6 Å². The topological polar surface area (TPSA) is 66.6 Å². The van der Waals surface area contributed by atoms with E-state index in [1.165, 1.54) is 11.9 Å². The van der Waals surface area contributed by atoms with Crippen molar-refractivity contribution in [1.29, 1.82) is 0 Å². The van der Waals surface area contributed by atoms with Gasteiger partial charge in [0.2, 0.25) is 0 Å². The number of nitrogens with two attached hydrogens (primary N) is 1. The first-order valence-electron chi connectivity index (χ1n) is 5.51. The number of carbonyl (C=O) groups excluding carboxylic acids is 1. The molecule has 100 valence electrons. The molecule has 1 aromatic carbocycles. The number of rotatable bonds is 4. The predicted molar refractivity (Wildman–Crippen MR) is 64.0 cm³/mol. The van der Waals surface area contributed by atoms with E-state index >= 15 is 0 Å². The van der Waals surface area contributed by atoms with Gasteiger partial charge in [0, 0.05) is 19.7 Å². The van der Waals surface area contributed by atoms with Gasteiger partial charge in [-0.25, -0.2) is 8.78 Å². The summed E-state index contributed by atoms with van der Waals surface area (Å²) in [5.74, 6) is -2.44. The van der Waals surface area contributed by atoms with Crippen LogP contribution in [0.3, 0.4) is 0 Å². The molecule has 4 nitrogen and oxygen atoms in total. The Balaban J connectivity index is 2.87. The van der Waals surface area contributed by atoms with Gasteiger partial charge in [-0.3, -0.25) is 4.79 Å². The second kappa shape index (κ2) is 5.77. The fourth-order valence-corrected chi connectivity index (χ4v) is 1.42. The first-order chi connectivity index (χ1) is 8.32. The van der Waals surface area contributed by atoms with Crippen LogP contribution in [0.5, 0.6) is 0 Å². The van der Waals surface area contributed by atoms with Gasteiger partial charge in [0.1, 0.15) is 11.6 Å². The number of aliphatic hydroxyl groups excluding tert-OH is 1. The van der Waals surface area contributed by atoms with Gasteiger partial charge in [0.25, 0.3) is 5.91 Å². The number of hydrogen-bond donors (Lipinski definition) is 2. The Morgan fingerprint density at radius 1 is 1.44 bits per heavy atom. The Labute approximate surface area is 104 Å². The number of anilines is 1. The van der Waals surface area contributed by atoms with Gasteiger partial charge in [0.15, 0.2) is 0 Å². The molecular weight excluding hydrogens is 242 g/mol. The normalized spacial score (nSPS) is 12.3. The van der Waals surface area contributed by atoms with Crippen molar-refractivity contribution in [2.75, 3.05) is 19.3 Å². The Kier molecular flexibility index (Phi) is 4.61. The van der Waals surface area contributed by atoms with Crippen molar-refractivity contribution in [2.45, 2.75) is 19.4 Å². The molecule has 0 aliphatic carbocycles. The first-order valence-corrected chi connectivity index (χ1v) is 5.51. The molecule has 1 rings (SSSR count). The minimum Gasteiger partial charge on any atom is -0.396 e. The monoisotopic (exact) mass is 258 g/mol. The fraction of sp³-hybridized carbons (Fsp3) is 0.417. The highest BCUT2D eigenvalue weighted by Crippen LogP contribution is 2.18. The maximum atomic E-state index is 13.4. The third-order valence-electron chi connectivity index (χ3n) is 2.55. The molecular formula is C12H16F2N2O2. The number of nitrogens with zero attached hydrogens (tertiary/aromatic N) is 1. The standard InChI is InChI=1S/C12H16F2N2O2/c1-7(17)3-4-16(2)12(18)8-5-11(15)10(14)6-9(8)13/h5-7,17H,3-4,15H2,1-2H3.